The Bertz CT molecular complexity index is 1420. The fraction of sp³-hybridized carbons (Fsp3) is 0.0741. The molecule has 0 saturated carbocycles. The summed E-state index contributed by atoms with van der Waals surface area (Å²) in [5, 5.41) is 13.9. The van der Waals surface area contributed by atoms with Gasteiger partial charge in [0.05, 0.1) is 11.1 Å². The minimum atomic E-state index is 0.238. The zero-order valence-electron chi connectivity index (χ0n) is 18.5. The first kappa shape index (κ1) is 21.7. The summed E-state index contributed by atoms with van der Waals surface area (Å²) in [4.78, 5) is 15.0. The molecule has 0 atom stereocenters. The monoisotopic (exact) mass is 466 g/mol. The van der Waals surface area contributed by atoms with Gasteiger partial charge in [0.15, 0.2) is 5.65 Å². The van der Waals surface area contributed by atoms with Gasteiger partial charge in [-0.15, -0.1) is 0 Å². The van der Waals surface area contributed by atoms with E-state index < -0.39 is 0 Å². The Morgan fingerprint density at radius 1 is 0.912 bits per heavy atom. The van der Waals surface area contributed by atoms with Crippen LogP contribution in [0.4, 0.5) is 11.5 Å². The number of ether oxygens (including phenoxy) is 1. The van der Waals surface area contributed by atoms with E-state index in [-0.39, 0.29) is 5.75 Å². The maximum Gasteiger partial charge on any atom is 0.164 e. The molecule has 2 N–H and O–H groups in total. The molecule has 0 unspecified atom stereocenters. The van der Waals surface area contributed by atoms with E-state index in [0.717, 1.165) is 32.2 Å². The second-order valence-corrected chi connectivity index (χ2v) is 8.87. The number of aryl methyl sites for hydroxylation is 1. The molecule has 0 saturated heterocycles. The van der Waals surface area contributed by atoms with E-state index in [9.17, 15) is 5.11 Å². The topological polar surface area (TPSA) is 80.2 Å². The van der Waals surface area contributed by atoms with Crippen LogP contribution in [0.1, 0.15) is 11.1 Å². The lowest BCUT2D eigenvalue weighted by atomic mass is 10.2. The third-order valence-electron chi connectivity index (χ3n) is 5.20. The van der Waals surface area contributed by atoms with Crippen molar-refractivity contribution in [2.75, 3.05) is 5.32 Å². The highest BCUT2D eigenvalue weighted by Gasteiger charge is 2.11. The highest BCUT2D eigenvalue weighted by Crippen LogP contribution is 2.38. The van der Waals surface area contributed by atoms with E-state index >= 15 is 0 Å². The molecule has 0 fully saturated rings. The van der Waals surface area contributed by atoms with Gasteiger partial charge in [0.2, 0.25) is 0 Å². The minimum Gasteiger partial charge on any atom is -0.508 e. The summed E-state index contributed by atoms with van der Waals surface area (Å²) in [5.74, 6) is 1.65. The van der Waals surface area contributed by atoms with Gasteiger partial charge in [-0.25, -0.2) is 15.0 Å². The van der Waals surface area contributed by atoms with Gasteiger partial charge >= 0.3 is 0 Å². The molecular formula is C27H22N4O2S. The van der Waals surface area contributed by atoms with Gasteiger partial charge in [0.25, 0.3) is 0 Å². The lowest BCUT2D eigenvalue weighted by Gasteiger charge is -2.15. The van der Waals surface area contributed by atoms with E-state index in [1.807, 2.05) is 42.5 Å². The standard InChI is InChI=1S/C27H22N4O2S/c1-18-4-6-19(7-5-18)16-33-21-10-13-25(34-22-11-8-20(32)9-12-22)24(15-21)31-27-23-3-2-14-28-26(23)29-17-30-27/h2-15,17,32H,16H2,1H3,(H,28,29,30,31). The molecule has 2 aromatic heterocycles. The molecule has 3 aromatic carbocycles. The Labute approximate surface area is 201 Å². The fourth-order valence-corrected chi connectivity index (χ4v) is 4.28. The van der Waals surface area contributed by atoms with Gasteiger partial charge < -0.3 is 15.2 Å². The minimum absolute atomic E-state index is 0.238. The number of hydrogen-bond donors (Lipinski definition) is 2. The van der Waals surface area contributed by atoms with Crippen LogP contribution in [0.15, 0.2) is 101 Å². The smallest absolute Gasteiger partial charge is 0.164 e. The van der Waals surface area contributed by atoms with Crippen LogP contribution in [0, 0.1) is 6.92 Å². The number of nitrogens with one attached hydrogen (secondary N) is 1. The molecule has 0 radical (unpaired) electrons. The number of aromatic hydroxyl groups is 1. The molecule has 0 aliphatic carbocycles. The number of aromatic nitrogens is 3. The Hall–Kier alpha value is -4.10. The first-order valence-corrected chi connectivity index (χ1v) is 11.6. The van der Waals surface area contributed by atoms with Crippen molar-refractivity contribution in [2.24, 2.45) is 0 Å². The van der Waals surface area contributed by atoms with E-state index in [1.165, 1.54) is 11.9 Å². The predicted octanol–water partition coefficient (Wildman–Crippen LogP) is 6.51. The van der Waals surface area contributed by atoms with Crippen molar-refractivity contribution in [3.8, 4) is 11.5 Å². The van der Waals surface area contributed by atoms with Gasteiger partial charge in [0, 0.05) is 22.1 Å². The van der Waals surface area contributed by atoms with Crippen LogP contribution >= 0.6 is 11.8 Å². The van der Waals surface area contributed by atoms with Gasteiger partial charge in [-0.2, -0.15) is 0 Å². The number of hydrogen-bond acceptors (Lipinski definition) is 7. The van der Waals surface area contributed by atoms with Crippen LogP contribution in [0.25, 0.3) is 11.0 Å². The van der Waals surface area contributed by atoms with Crippen molar-refractivity contribution in [2.45, 2.75) is 23.3 Å². The van der Waals surface area contributed by atoms with Gasteiger partial charge in [0.1, 0.15) is 30.3 Å². The van der Waals surface area contributed by atoms with Crippen LogP contribution in [0.2, 0.25) is 0 Å². The second-order valence-electron chi connectivity index (χ2n) is 7.75. The number of phenols is 1. The van der Waals surface area contributed by atoms with Crippen molar-refractivity contribution in [1.29, 1.82) is 0 Å². The molecule has 34 heavy (non-hydrogen) atoms. The summed E-state index contributed by atoms with van der Waals surface area (Å²) in [6, 6.07) is 25.2. The van der Waals surface area contributed by atoms with Crippen molar-refractivity contribution in [3.63, 3.8) is 0 Å². The Balaban J connectivity index is 1.46. The van der Waals surface area contributed by atoms with E-state index in [0.29, 0.717) is 18.1 Å². The molecule has 5 rings (SSSR count). The third kappa shape index (κ3) is 5.10. The number of nitrogens with zero attached hydrogens (tertiary/aromatic N) is 3. The molecule has 0 aliphatic heterocycles. The first-order chi connectivity index (χ1) is 16.6. The average Bonchev–Trinajstić information content (AvgIpc) is 2.86. The quantitative estimate of drug-likeness (QED) is 0.283. The van der Waals surface area contributed by atoms with E-state index in [1.54, 1.807) is 30.1 Å². The predicted molar refractivity (Wildman–Crippen MR) is 135 cm³/mol. The Morgan fingerprint density at radius 2 is 1.74 bits per heavy atom. The third-order valence-corrected chi connectivity index (χ3v) is 6.29. The van der Waals surface area contributed by atoms with Crippen molar-refractivity contribution >= 4 is 34.3 Å². The van der Waals surface area contributed by atoms with E-state index in [4.69, 9.17) is 4.74 Å². The van der Waals surface area contributed by atoms with Gasteiger partial charge in [-0.05, 0) is 61.0 Å². The molecule has 0 aliphatic rings. The molecule has 5 aromatic rings. The van der Waals surface area contributed by atoms with Crippen LogP contribution in [0.3, 0.4) is 0 Å². The molecule has 2 heterocycles. The van der Waals surface area contributed by atoms with Crippen molar-refractivity contribution in [3.05, 3.63) is 103 Å². The molecule has 0 bridgehead atoms. The number of benzene rings is 3. The van der Waals surface area contributed by atoms with Crippen molar-refractivity contribution in [1.82, 2.24) is 15.0 Å². The maximum absolute atomic E-state index is 9.62. The normalized spacial score (nSPS) is 10.9. The van der Waals surface area contributed by atoms with Gasteiger partial charge in [-0.3, -0.25) is 0 Å². The SMILES string of the molecule is Cc1ccc(COc2ccc(Sc3ccc(O)cc3)c(Nc3ncnc4ncccc34)c2)cc1. The summed E-state index contributed by atoms with van der Waals surface area (Å²) in [7, 11) is 0. The zero-order valence-corrected chi connectivity index (χ0v) is 19.3. The summed E-state index contributed by atoms with van der Waals surface area (Å²) >= 11 is 1.58. The number of rotatable bonds is 7. The number of phenolic OH excluding ortho intramolecular Hbond substituents is 1. The van der Waals surface area contributed by atoms with Crippen molar-refractivity contribution < 1.29 is 9.84 Å². The van der Waals surface area contributed by atoms with Crippen LogP contribution in [0.5, 0.6) is 11.5 Å². The number of pyridine rings is 1. The van der Waals surface area contributed by atoms with Crippen LogP contribution in [-0.4, -0.2) is 20.1 Å². The molecule has 0 spiro atoms. The molecule has 168 valence electrons. The summed E-state index contributed by atoms with van der Waals surface area (Å²) in [5.41, 5.74) is 3.80. The molecule has 6 nitrogen and oxygen atoms in total. The maximum atomic E-state index is 9.62. The Kier molecular flexibility index (Phi) is 6.27. The summed E-state index contributed by atoms with van der Waals surface area (Å²) in [6.45, 7) is 2.55. The summed E-state index contributed by atoms with van der Waals surface area (Å²) in [6.07, 6.45) is 3.22. The van der Waals surface area contributed by atoms with Gasteiger partial charge in [-0.1, -0.05) is 41.6 Å². The highest BCUT2D eigenvalue weighted by atomic mass is 32.2. The molecule has 0 amide bonds. The highest BCUT2D eigenvalue weighted by molar-refractivity contribution is 7.99. The Morgan fingerprint density at radius 3 is 2.56 bits per heavy atom. The van der Waals surface area contributed by atoms with E-state index in [2.05, 4.69) is 51.5 Å². The largest absolute Gasteiger partial charge is 0.508 e. The van der Waals surface area contributed by atoms with Crippen LogP contribution in [-0.2, 0) is 6.61 Å². The molecule has 7 heteroatoms. The first-order valence-electron chi connectivity index (χ1n) is 10.8. The lowest BCUT2D eigenvalue weighted by Crippen LogP contribution is -2.00. The summed E-state index contributed by atoms with van der Waals surface area (Å²) < 4.78 is 6.09. The number of anilines is 2. The second kappa shape index (κ2) is 9.80. The van der Waals surface area contributed by atoms with Crippen LogP contribution < -0.4 is 10.1 Å². The zero-order chi connectivity index (χ0) is 23.3. The molecular weight excluding hydrogens is 444 g/mol. The number of fused-ring (bicyclic) bond motifs is 1. The fourth-order valence-electron chi connectivity index (χ4n) is 3.40. The average molecular weight is 467 g/mol. The lowest BCUT2D eigenvalue weighted by molar-refractivity contribution is 0.306.